The quantitative estimate of drug-likeness (QED) is 0.199. The second-order valence-corrected chi connectivity index (χ2v) is 11.3. The van der Waals surface area contributed by atoms with E-state index >= 15 is 0 Å². The fourth-order valence-electron chi connectivity index (χ4n) is 5.37. The van der Waals surface area contributed by atoms with E-state index in [9.17, 15) is 14.9 Å². The van der Waals surface area contributed by atoms with E-state index in [0.29, 0.717) is 48.5 Å². The lowest BCUT2D eigenvalue weighted by Crippen LogP contribution is -2.45. The van der Waals surface area contributed by atoms with E-state index in [0.717, 1.165) is 27.7 Å². The predicted molar refractivity (Wildman–Crippen MR) is 179 cm³/mol. The zero-order valence-electron chi connectivity index (χ0n) is 25.8. The largest absolute Gasteiger partial charge is 0.335 e. The minimum absolute atomic E-state index is 0.245. The van der Waals surface area contributed by atoms with Crippen molar-refractivity contribution in [2.75, 3.05) is 36.2 Å². The number of aryl methyl sites for hydroxylation is 1. The standard InChI is InChI=1S/C35H33N9O2/c1-41(2)16-8-13-32(45)38-27-11-7-12-29(19-27)44-33-26(23-43(35(44)46)22-24-9-5-4-6-10-24)21-37-34(40-33)39-28-14-15-31-25(17-28)18-30(20-36)42(31)3/h4-15,17-19,21H,16,22-23H2,1-3H3,(H,38,45)(H,37,39,40)/b13-8+. The summed E-state index contributed by atoms with van der Waals surface area (Å²) in [6, 6.07) is 26.5. The molecule has 230 valence electrons. The molecular formula is C35H33N9O2. The van der Waals surface area contributed by atoms with Gasteiger partial charge in [0, 0.05) is 60.3 Å². The highest BCUT2D eigenvalue weighted by Crippen LogP contribution is 2.36. The molecule has 0 fully saturated rings. The van der Waals surface area contributed by atoms with Crippen LogP contribution in [0.4, 0.5) is 33.6 Å². The first-order valence-corrected chi connectivity index (χ1v) is 14.8. The maximum absolute atomic E-state index is 14.1. The molecule has 0 saturated heterocycles. The third-order valence-electron chi connectivity index (χ3n) is 7.62. The summed E-state index contributed by atoms with van der Waals surface area (Å²) in [4.78, 5) is 41.4. The Morgan fingerprint density at radius 3 is 2.65 bits per heavy atom. The Labute approximate surface area is 267 Å². The van der Waals surface area contributed by atoms with Crippen molar-refractivity contribution in [2.45, 2.75) is 13.1 Å². The van der Waals surface area contributed by atoms with Gasteiger partial charge >= 0.3 is 6.03 Å². The average molecular weight is 612 g/mol. The van der Waals surface area contributed by atoms with Gasteiger partial charge < -0.3 is 25.0 Å². The number of hydrogen-bond donors (Lipinski definition) is 2. The average Bonchev–Trinajstić information content (AvgIpc) is 3.36. The van der Waals surface area contributed by atoms with E-state index in [-0.39, 0.29) is 11.9 Å². The second kappa shape index (κ2) is 12.9. The number of hydrogen-bond acceptors (Lipinski definition) is 7. The van der Waals surface area contributed by atoms with Crippen LogP contribution in [0.15, 0.2) is 97.2 Å². The SMILES string of the molecule is CN(C)C/C=C/C(=O)Nc1cccc(N2C(=O)N(Cc3ccccc3)Cc3cnc(Nc4ccc5c(c4)cc(C#N)n5C)nc32)c1. The van der Waals surface area contributed by atoms with E-state index in [1.54, 1.807) is 40.3 Å². The van der Waals surface area contributed by atoms with Crippen LogP contribution in [-0.2, 0) is 24.9 Å². The summed E-state index contributed by atoms with van der Waals surface area (Å²) in [5, 5.41) is 16.5. The van der Waals surface area contributed by atoms with Gasteiger partial charge in [-0.05, 0) is 62.1 Å². The van der Waals surface area contributed by atoms with Crippen LogP contribution in [0.3, 0.4) is 0 Å². The number of nitrogens with one attached hydrogen (secondary N) is 2. The lowest BCUT2D eigenvalue weighted by Gasteiger charge is -2.36. The third-order valence-corrected chi connectivity index (χ3v) is 7.62. The van der Waals surface area contributed by atoms with Crippen LogP contribution in [0.5, 0.6) is 0 Å². The van der Waals surface area contributed by atoms with E-state index in [2.05, 4.69) is 21.7 Å². The minimum Gasteiger partial charge on any atom is -0.335 e. The van der Waals surface area contributed by atoms with Crippen molar-refractivity contribution in [1.82, 2.24) is 24.3 Å². The Bertz CT molecular complexity index is 1990. The molecule has 3 amide bonds. The minimum atomic E-state index is -0.263. The molecule has 0 unspecified atom stereocenters. The molecule has 3 heterocycles. The normalized spacial score (nSPS) is 12.9. The van der Waals surface area contributed by atoms with Crippen LogP contribution in [0.1, 0.15) is 16.8 Å². The summed E-state index contributed by atoms with van der Waals surface area (Å²) in [5.41, 5.74) is 5.12. The highest BCUT2D eigenvalue weighted by molar-refractivity contribution is 6.03. The molecule has 0 atom stereocenters. The topological polar surface area (TPSA) is 122 Å². The van der Waals surface area contributed by atoms with E-state index in [1.165, 1.54) is 6.08 Å². The summed E-state index contributed by atoms with van der Waals surface area (Å²) < 4.78 is 1.84. The number of urea groups is 1. The van der Waals surface area contributed by atoms with E-state index in [1.807, 2.05) is 91.3 Å². The summed E-state index contributed by atoms with van der Waals surface area (Å²) in [6.45, 7) is 1.38. The number of carbonyl (C=O) groups excluding carboxylic acids is 2. The summed E-state index contributed by atoms with van der Waals surface area (Å²) in [6.07, 6.45) is 5.02. The zero-order chi connectivity index (χ0) is 32.2. The summed E-state index contributed by atoms with van der Waals surface area (Å²) in [7, 11) is 5.71. The van der Waals surface area contributed by atoms with Crippen LogP contribution in [0.25, 0.3) is 10.9 Å². The molecule has 3 aromatic carbocycles. The molecule has 0 bridgehead atoms. The molecule has 11 heteroatoms. The van der Waals surface area contributed by atoms with Gasteiger partial charge in [-0.25, -0.2) is 14.7 Å². The summed E-state index contributed by atoms with van der Waals surface area (Å²) in [5.74, 6) is 0.509. The number of aromatic nitrogens is 3. The summed E-state index contributed by atoms with van der Waals surface area (Å²) >= 11 is 0. The van der Waals surface area contributed by atoms with Crippen molar-refractivity contribution in [1.29, 1.82) is 5.26 Å². The Balaban J connectivity index is 1.33. The van der Waals surface area contributed by atoms with Gasteiger partial charge in [-0.15, -0.1) is 0 Å². The van der Waals surface area contributed by atoms with Gasteiger partial charge in [0.2, 0.25) is 11.9 Å². The Hall–Kier alpha value is -5.99. The van der Waals surface area contributed by atoms with Crippen molar-refractivity contribution in [3.8, 4) is 6.07 Å². The van der Waals surface area contributed by atoms with Crippen LogP contribution in [0, 0.1) is 11.3 Å². The zero-order valence-corrected chi connectivity index (χ0v) is 25.8. The number of fused-ring (bicyclic) bond motifs is 2. The molecule has 1 aliphatic rings. The van der Waals surface area contributed by atoms with Gasteiger partial charge in [-0.1, -0.05) is 42.5 Å². The van der Waals surface area contributed by atoms with Crippen molar-refractivity contribution < 1.29 is 9.59 Å². The Morgan fingerprint density at radius 2 is 1.87 bits per heavy atom. The van der Waals surface area contributed by atoms with Crippen LogP contribution in [-0.4, -0.2) is 56.9 Å². The number of rotatable bonds is 9. The van der Waals surface area contributed by atoms with Gasteiger partial charge in [-0.3, -0.25) is 4.79 Å². The van der Waals surface area contributed by atoms with Gasteiger partial charge in [0.25, 0.3) is 0 Å². The molecule has 0 spiro atoms. The van der Waals surface area contributed by atoms with Gasteiger partial charge in [0.1, 0.15) is 11.8 Å². The first-order chi connectivity index (χ1) is 22.3. The third kappa shape index (κ3) is 6.43. The van der Waals surface area contributed by atoms with E-state index < -0.39 is 0 Å². The lowest BCUT2D eigenvalue weighted by molar-refractivity contribution is -0.111. The molecule has 2 aromatic heterocycles. The molecule has 5 aromatic rings. The maximum Gasteiger partial charge on any atom is 0.330 e. The number of carbonyl (C=O) groups is 2. The van der Waals surface area contributed by atoms with Crippen molar-refractivity contribution in [3.63, 3.8) is 0 Å². The van der Waals surface area contributed by atoms with Gasteiger partial charge in [0.05, 0.1) is 12.2 Å². The molecular weight excluding hydrogens is 578 g/mol. The molecule has 0 radical (unpaired) electrons. The fourth-order valence-corrected chi connectivity index (χ4v) is 5.37. The van der Waals surface area contributed by atoms with Gasteiger partial charge in [0.15, 0.2) is 5.82 Å². The number of anilines is 5. The van der Waals surface area contributed by atoms with Crippen molar-refractivity contribution in [2.24, 2.45) is 7.05 Å². The molecule has 6 rings (SSSR count). The molecule has 0 saturated carbocycles. The number of nitriles is 1. The number of nitrogens with zero attached hydrogens (tertiary/aromatic N) is 7. The number of likely N-dealkylation sites (N-methyl/N-ethyl adjacent to an activating group) is 1. The van der Waals surface area contributed by atoms with Crippen molar-refractivity contribution in [3.05, 3.63) is 114 Å². The van der Waals surface area contributed by atoms with Crippen LogP contribution >= 0.6 is 0 Å². The monoisotopic (exact) mass is 611 g/mol. The second-order valence-electron chi connectivity index (χ2n) is 11.3. The Kier molecular flexibility index (Phi) is 8.45. The highest BCUT2D eigenvalue weighted by atomic mass is 16.2. The highest BCUT2D eigenvalue weighted by Gasteiger charge is 2.33. The first-order valence-electron chi connectivity index (χ1n) is 14.8. The molecule has 2 N–H and O–H groups in total. The smallest absolute Gasteiger partial charge is 0.330 e. The fraction of sp³-hybridized carbons (Fsp3) is 0.171. The van der Waals surface area contributed by atoms with Crippen molar-refractivity contribution >= 4 is 51.7 Å². The molecule has 46 heavy (non-hydrogen) atoms. The lowest BCUT2D eigenvalue weighted by atomic mass is 10.1. The Morgan fingerprint density at radius 1 is 1.04 bits per heavy atom. The van der Waals surface area contributed by atoms with Crippen LogP contribution < -0.4 is 15.5 Å². The van der Waals surface area contributed by atoms with Crippen LogP contribution in [0.2, 0.25) is 0 Å². The maximum atomic E-state index is 14.1. The number of amides is 3. The molecule has 0 aliphatic carbocycles. The predicted octanol–water partition coefficient (Wildman–Crippen LogP) is 5.91. The van der Waals surface area contributed by atoms with E-state index in [4.69, 9.17) is 4.98 Å². The molecule has 11 nitrogen and oxygen atoms in total. The molecule has 1 aliphatic heterocycles. The number of benzene rings is 3. The first kappa shape index (κ1) is 30.1. The van der Waals surface area contributed by atoms with Gasteiger partial charge in [-0.2, -0.15) is 10.2 Å².